The summed E-state index contributed by atoms with van der Waals surface area (Å²) in [5, 5.41) is 5.90. The van der Waals surface area contributed by atoms with Crippen molar-refractivity contribution in [2.45, 2.75) is 26.3 Å². The van der Waals surface area contributed by atoms with E-state index in [1.54, 1.807) is 13.3 Å². The highest BCUT2D eigenvalue weighted by Crippen LogP contribution is 2.24. The van der Waals surface area contributed by atoms with Gasteiger partial charge in [0.25, 0.3) is 0 Å². The topological polar surface area (TPSA) is 79.6 Å². The van der Waals surface area contributed by atoms with E-state index in [-0.39, 0.29) is 6.03 Å². The molecule has 168 valence electrons. The number of aromatic nitrogens is 1. The summed E-state index contributed by atoms with van der Waals surface area (Å²) in [5.41, 5.74) is 2.94. The first-order valence-electron chi connectivity index (χ1n) is 11.0. The van der Waals surface area contributed by atoms with Crippen LogP contribution < -0.4 is 15.4 Å². The van der Waals surface area contributed by atoms with E-state index in [1.807, 2.05) is 55.5 Å². The Balaban J connectivity index is 1.25. The molecule has 1 unspecified atom stereocenters. The van der Waals surface area contributed by atoms with Crippen LogP contribution >= 0.6 is 0 Å². The van der Waals surface area contributed by atoms with Gasteiger partial charge in [0.1, 0.15) is 5.75 Å². The maximum atomic E-state index is 12.2. The van der Waals surface area contributed by atoms with Crippen LogP contribution in [0.1, 0.15) is 24.3 Å². The van der Waals surface area contributed by atoms with Crippen LogP contribution in [0.2, 0.25) is 0 Å². The van der Waals surface area contributed by atoms with E-state index in [4.69, 9.17) is 9.15 Å². The molecule has 0 spiro atoms. The molecule has 7 nitrogen and oxygen atoms in total. The number of carbonyl (C=O) groups is 1. The quantitative estimate of drug-likeness (QED) is 0.564. The number of nitrogens with zero attached hydrogens (tertiary/aromatic N) is 2. The lowest BCUT2D eigenvalue weighted by Crippen LogP contribution is -2.41. The summed E-state index contributed by atoms with van der Waals surface area (Å²) < 4.78 is 11.2. The molecular weight excluding hydrogens is 404 g/mol. The number of amides is 2. The van der Waals surface area contributed by atoms with Crippen LogP contribution in [0.4, 0.5) is 10.5 Å². The van der Waals surface area contributed by atoms with Crippen molar-refractivity contribution in [2.75, 3.05) is 32.1 Å². The molecule has 0 saturated carbocycles. The van der Waals surface area contributed by atoms with Gasteiger partial charge < -0.3 is 19.8 Å². The predicted octanol–water partition coefficient (Wildman–Crippen LogP) is 4.69. The second-order valence-electron chi connectivity index (χ2n) is 8.29. The number of urea groups is 1. The molecule has 1 saturated heterocycles. The van der Waals surface area contributed by atoms with Crippen LogP contribution in [0.3, 0.4) is 0 Å². The number of carbonyl (C=O) groups excluding carboxylic acids is 1. The summed E-state index contributed by atoms with van der Waals surface area (Å²) >= 11 is 0. The van der Waals surface area contributed by atoms with E-state index in [0.717, 1.165) is 48.7 Å². The molecule has 2 heterocycles. The first kappa shape index (κ1) is 21.9. The summed E-state index contributed by atoms with van der Waals surface area (Å²) in [5.74, 6) is 2.68. The second kappa shape index (κ2) is 10.3. The number of likely N-dealkylation sites (tertiary alicyclic amines) is 1. The molecule has 1 fully saturated rings. The molecule has 4 rings (SSSR count). The van der Waals surface area contributed by atoms with Gasteiger partial charge in [-0.15, -0.1) is 0 Å². The number of ether oxygens (including phenoxy) is 1. The summed E-state index contributed by atoms with van der Waals surface area (Å²) in [7, 11) is 1.65. The molecule has 3 aromatic rings. The van der Waals surface area contributed by atoms with Gasteiger partial charge in [-0.3, -0.25) is 4.90 Å². The molecule has 0 radical (unpaired) electrons. The number of oxazole rings is 1. The summed E-state index contributed by atoms with van der Waals surface area (Å²) in [6, 6.07) is 15.4. The first-order chi connectivity index (χ1) is 15.6. The SMILES string of the molecule is COc1ccc(-c2cnc(CN3CCCC(CNC(=O)Nc4ccc(C)cc4)C3)o2)cc1. The van der Waals surface area contributed by atoms with Gasteiger partial charge in [0.2, 0.25) is 5.89 Å². The number of aryl methyl sites for hydroxylation is 1. The van der Waals surface area contributed by atoms with Crippen LogP contribution in [0.5, 0.6) is 5.75 Å². The maximum absolute atomic E-state index is 12.2. The summed E-state index contributed by atoms with van der Waals surface area (Å²) in [6.45, 7) is 5.26. The van der Waals surface area contributed by atoms with Crippen LogP contribution in [-0.4, -0.2) is 42.7 Å². The third-order valence-electron chi connectivity index (χ3n) is 5.75. The molecule has 2 amide bonds. The van der Waals surface area contributed by atoms with Crippen molar-refractivity contribution in [3.05, 3.63) is 66.2 Å². The van der Waals surface area contributed by atoms with Crippen LogP contribution in [0.25, 0.3) is 11.3 Å². The summed E-state index contributed by atoms with van der Waals surface area (Å²) in [6.07, 6.45) is 3.97. The Morgan fingerprint density at radius 1 is 1.19 bits per heavy atom. The van der Waals surface area contributed by atoms with E-state index < -0.39 is 0 Å². The van der Waals surface area contributed by atoms with Crippen molar-refractivity contribution in [1.82, 2.24) is 15.2 Å². The Morgan fingerprint density at radius 3 is 2.72 bits per heavy atom. The van der Waals surface area contributed by atoms with E-state index in [1.165, 1.54) is 5.56 Å². The molecule has 1 aromatic heterocycles. The standard InChI is InChI=1S/C25H30N4O3/c1-18-5-9-21(10-6-18)28-25(30)27-14-19-4-3-13-29(16-19)17-24-26-15-23(32-24)20-7-11-22(31-2)12-8-20/h5-12,15,19H,3-4,13-14,16-17H2,1-2H3,(H2,27,28,30). The smallest absolute Gasteiger partial charge is 0.319 e. The fourth-order valence-corrected chi connectivity index (χ4v) is 3.97. The zero-order chi connectivity index (χ0) is 22.3. The Bertz CT molecular complexity index is 1010. The number of methoxy groups -OCH3 is 1. The Morgan fingerprint density at radius 2 is 1.97 bits per heavy atom. The van der Waals surface area contributed by atoms with Gasteiger partial charge in [-0.05, 0) is 68.6 Å². The van der Waals surface area contributed by atoms with E-state index in [2.05, 4.69) is 20.5 Å². The van der Waals surface area contributed by atoms with E-state index in [0.29, 0.717) is 24.9 Å². The maximum Gasteiger partial charge on any atom is 0.319 e. The number of piperidine rings is 1. The highest BCUT2D eigenvalue weighted by molar-refractivity contribution is 5.89. The minimum absolute atomic E-state index is 0.164. The zero-order valence-electron chi connectivity index (χ0n) is 18.6. The lowest BCUT2D eigenvalue weighted by atomic mass is 9.98. The molecule has 2 N–H and O–H groups in total. The third-order valence-corrected chi connectivity index (χ3v) is 5.75. The van der Waals surface area contributed by atoms with Crippen molar-refractivity contribution in [3.8, 4) is 17.1 Å². The van der Waals surface area contributed by atoms with Crippen LogP contribution in [0.15, 0.2) is 59.1 Å². The predicted molar refractivity (Wildman–Crippen MR) is 125 cm³/mol. The van der Waals surface area contributed by atoms with E-state index in [9.17, 15) is 4.79 Å². The number of benzene rings is 2. The number of rotatable bonds is 7. The van der Waals surface area contributed by atoms with Crippen molar-refractivity contribution < 1.29 is 13.9 Å². The molecule has 32 heavy (non-hydrogen) atoms. The van der Waals surface area contributed by atoms with Gasteiger partial charge in [0, 0.05) is 24.3 Å². The molecule has 0 bridgehead atoms. The molecule has 1 aliphatic heterocycles. The molecule has 1 aliphatic rings. The largest absolute Gasteiger partial charge is 0.497 e. The highest BCUT2D eigenvalue weighted by Gasteiger charge is 2.22. The second-order valence-corrected chi connectivity index (χ2v) is 8.29. The van der Waals surface area contributed by atoms with Gasteiger partial charge in [-0.1, -0.05) is 17.7 Å². The van der Waals surface area contributed by atoms with E-state index >= 15 is 0 Å². The minimum atomic E-state index is -0.164. The Labute approximate surface area is 188 Å². The summed E-state index contributed by atoms with van der Waals surface area (Å²) in [4.78, 5) is 19.0. The highest BCUT2D eigenvalue weighted by atomic mass is 16.5. The molecular formula is C25H30N4O3. The van der Waals surface area contributed by atoms with Gasteiger partial charge in [-0.25, -0.2) is 9.78 Å². The fourth-order valence-electron chi connectivity index (χ4n) is 3.97. The lowest BCUT2D eigenvalue weighted by molar-refractivity contribution is 0.154. The number of nitrogens with one attached hydrogen (secondary N) is 2. The molecule has 2 aromatic carbocycles. The van der Waals surface area contributed by atoms with Crippen molar-refractivity contribution in [1.29, 1.82) is 0 Å². The third kappa shape index (κ3) is 5.88. The van der Waals surface area contributed by atoms with Crippen LogP contribution in [0, 0.1) is 12.8 Å². The minimum Gasteiger partial charge on any atom is -0.497 e. The average molecular weight is 435 g/mol. The van der Waals surface area contributed by atoms with Gasteiger partial charge in [0.05, 0.1) is 19.9 Å². The Hall–Kier alpha value is -3.32. The number of hydrogen-bond acceptors (Lipinski definition) is 5. The lowest BCUT2D eigenvalue weighted by Gasteiger charge is -2.31. The first-order valence-corrected chi connectivity index (χ1v) is 11.0. The van der Waals surface area contributed by atoms with Gasteiger partial charge in [0.15, 0.2) is 5.76 Å². The average Bonchev–Trinajstić information content (AvgIpc) is 3.28. The number of anilines is 1. The van der Waals surface area contributed by atoms with Crippen LogP contribution in [-0.2, 0) is 6.54 Å². The normalized spacial score (nSPS) is 16.5. The monoisotopic (exact) mass is 434 g/mol. The van der Waals surface area contributed by atoms with Gasteiger partial charge in [-0.2, -0.15) is 0 Å². The molecule has 7 heteroatoms. The van der Waals surface area contributed by atoms with Crippen molar-refractivity contribution >= 4 is 11.7 Å². The van der Waals surface area contributed by atoms with Crippen molar-refractivity contribution in [3.63, 3.8) is 0 Å². The fraction of sp³-hybridized carbons (Fsp3) is 0.360. The number of hydrogen-bond donors (Lipinski definition) is 2. The molecule has 1 atom stereocenters. The molecule has 0 aliphatic carbocycles. The zero-order valence-corrected chi connectivity index (χ0v) is 18.6. The Kier molecular flexibility index (Phi) is 7.07. The van der Waals surface area contributed by atoms with Crippen molar-refractivity contribution in [2.24, 2.45) is 5.92 Å². The van der Waals surface area contributed by atoms with Gasteiger partial charge >= 0.3 is 6.03 Å².